The summed E-state index contributed by atoms with van der Waals surface area (Å²) in [4.78, 5) is 142. The molecule has 32 heteroatoms. The molecular weight excluding hydrogens is 1200 g/mol. The van der Waals surface area contributed by atoms with Crippen LogP contribution >= 0.6 is 25.3 Å². The number of hydrogen-bond acceptors (Lipinski definition) is 16. The topological polar surface area (TPSA) is 410 Å². The van der Waals surface area contributed by atoms with Crippen molar-refractivity contribution in [2.24, 2.45) is 10.7 Å². The molecule has 0 saturated heterocycles. The minimum atomic E-state index is -4.54. The molecule has 0 aliphatic carbocycles. The smallest absolute Gasteiger partial charge is 0.391 e. The van der Waals surface area contributed by atoms with Gasteiger partial charge in [0.1, 0.15) is 54.9 Å². The molecule has 3 rings (SSSR count). The molecule has 17 N–H and O–H groups in total. The molecular formula is C56H84F3N15O12S2. The number of aromatic nitrogens is 1. The molecule has 0 saturated carbocycles. The third-order valence-electron chi connectivity index (χ3n) is 13.3. The summed E-state index contributed by atoms with van der Waals surface area (Å²) in [6.07, 6.45) is -4.65. The number of H-pyrrole nitrogens is 1. The first kappa shape index (κ1) is 74.6. The Kier molecular flexibility index (Phi) is 32.7. The highest BCUT2D eigenvalue weighted by molar-refractivity contribution is 7.80. The van der Waals surface area contributed by atoms with Gasteiger partial charge >= 0.3 is 6.18 Å². The van der Waals surface area contributed by atoms with Crippen LogP contribution in [-0.2, 0) is 60.8 Å². The van der Waals surface area contributed by atoms with Gasteiger partial charge in [0, 0.05) is 61.5 Å². The Hall–Kier alpha value is -7.68. The summed E-state index contributed by atoms with van der Waals surface area (Å²) in [6.45, 7) is 3.96. The second kappa shape index (κ2) is 38.6. The Morgan fingerprint density at radius 2 is 1.09 bits per heavy atom. The first-order valence-corrected chi connectivity index (χ1v) is 29.8. The van der Waals surface area contributed by atoms with E-state index in [1.807, 2.05) is 0 Å². The molecule has 2 aromatic carbocycles. The Balaban J connectivity index is 1.88. The summed E-state index contributed by atoms with van der Waals surface area (Å²) in [5, 5.41) is 52.6. The molecule has 0 radical (unpaired) electrons. The Bertz CT molecular complexity index is 2820. The third-order valence-corrected chi connectivity index (χ3v) is 14.1. The lowest BCUT2D eigenvalue weighted by molar-refractivity contribution is -0.137. The normalized spacial score (nSPS) is 15.0. The number of nitrogens with one attached hydrogen (secondary N) is 13. The van der Waals surface area contributed by atoms with Gasteiger partial charge in [-0.25, -0.2) is 4.99 Å². The van der Waals surface area contributed by atoms with Crippen molar-refractivity contribution in [2.45, 2.75) is 146 Å². The molecule has 10 atom stereocenters. The highest BCUT2D eigenvalue weighted by Crippen LogP contribution is 2.20. The number of amides is 10. The van der Waals surface area contributed by atoms with Crippen molar-refractivity contribution in [1.29, 1.82) is 0 Å². The maximum absolute atomic E-state index is 14.8. The molecule has 0 bridgehead atoms. The van der Waals surface area contributed by atoms with Crippen molar-refractivity contribution in [1.82, 2.24) is 68.8 Å². The molecule has 0 fully saturated rings. The van der Waals surface area contributed by atoms with Crippen LogP contribution in [0.4, 0.5) is 13.2 Å². The second-order valence-electron chi connectivity index (χ2n) is 20.6. The predicted octanol–water partition coefficient (Wildman–Crippen LogP) is -2.25. The number of para-hydroxylation sites is 1. The number of carbonyl (C=O) groups is 10. The molecule has 0 spiro atoms. The zero-order valence-corrected chi connectivity index (χ0v) is 51.5. The summed E-state index contributed by atoms with van der Waals surface area (Å²) in [7, 11) is 1.72. The molecule has 1 aromatic heterocycles. The second-order valence-corrected chi connectivity index (χ2v) is 21.4. The largest absolute Gasteiger partial charge is 0.408 e. The molecule has 0 unspecified atom stereocenters. The lowest BCUT2D eigenvalue weighted by Crippen LogP contribution is -2.62. The monoisotopic (exact) mass is 1280 g/mol. The first-order chi connectivity index (χ1) is 41.7. The number of carbonyl (C=O) groups excluding carboxylic acids is 10. The number of aliphatic hydroxyl groups is 2. The number of alkyl halides is 3. The van der Waals surface area contributed by atoms with Crippen LogP contribution in [0.25, 0.3) is 10.9 Å². The molecule has 488 valence electrons. The molecule has 0 aliphatic rings. The van der Waals surface area contributed by atoms with E-state index in [1.54, 1.807) is 74.8 Å². The Morgan fingerprint density at radius 1 is 0.591 bits per heavy atom. The fourth-order valence-electron chi connectivity index (χ4n) is 8.75. The highest BCUT2D eigenvalue weighted by atomic mass is 32.1. The van der Waals surface area contributed by atoms with E-state index in [9.17, 15) is 71.3 Å². The van der Waals surface area contributed by atoms with Crippen molar-refractivity contribution in [3.8, 4) is 0 Å². The maximum atomic E-state index is 14.8. The molecule has 0 aliphatic heterocycles. The number of benzene rings is 2. The van der Waals surface area contributed by atoms with E-state index < -0.39 is 145 Å². The quantitative estimate of drug-likeness (QED) is 0.0125. The molecule has 3 aromatic rings. The number of nitrogens with two attached hydrogens (primary N) is 1. The standard InChI is InChI=1S/C56H84F3N15O12S2/c1-6-62-53(85)45(31(2)75)73-52(84)43(29-88)72-54(86)46(32(3)76)74-48(80)39(21-12-14-22-61-5)69-50(82)41(25-35-26-64-37-19-11-10-18-36(35)37)71-49(81)40(24-34-16-8-7-9-17-34)70-51(83)42(28-87)68-44(78)27-65-47(79)38(67-33(4)77)20-13-15-23-63-55(60)66-30-56(57,58)59/h7-11,16-19,26,31-32,38-43,45-46,61,64,75-76,87-88H,6,12-15,20-25,27-30H2,1-5H3,(H,62,85)(H,65,79)(H,67,77)(H,68,78)(H,69,82)(H,70,83)(H,71,81)(H,72,86)(H,73,84)(H,74,80)(H3,60,63,66)/t31-,32-,38-,39+,40+,41-,42+,43+,45+,46+/m1/s1. The van der Waals surface area contributed by atoms with E-state index in [1.165, 1.54) is 20.8 Å². The van der Waals surface area contributed by atoms with Gasteiger partial charge < -0.3 is 84.7 Å². The molecule has 27 nitrogen and oxygen atoms in total. The number of thiol groups is 2. The number of guanidine groups is 1. The number of halogens is 3. The van der Waals surface area contributed by atoms with E-state index in [-0.39, 0.29) is 56.7 Å². The van der Waals surface area contributed by atoms with E-state index in [0.29, 0.717) is 47.8 Å². The number of aliphatic imine (C=N–C) groups is 1. The molecule has 10 amide bonds. The zero-order chi connectivity index (χ0) is 65.5. The SMILES string of the molecule is CCNC(=O)[C@@H](NC(=O)[C@H](CS)NC(=O)[C@@H](NC(=O)[C@H](CCCCNC)NC(=O)[C@@H](Cc1c[nH]c2ccccc12)NC(=O)[C@H](Cc1ccccc1)NC(=O)[C@H](CS)NC(=O)CNC(=O)[C@@H](CCCCNC(N)=NCC(F)(F)F)NC(C)=O)[C@@H](C)O)[C@@H](C)O. The van der Waals surface area contributed by atoms with Crippen molar-refractivity contribution >= 4 is 101 Å². The van der Waals surface area contributed by atoms with Gasteiger partial charge in [-0.3, -0.25) is 47.9 Å². The Morgan fingerprint density at radius 3 is 1.66 bits per heavy atom. The van der Waals surface area contributed by atoms with E-state index >= 15 is 0 Å². The van der Waals surface area contributed by atoms with Crippen LogP contribution in [0, 0.1) is 0 Å². The number of aliphatic hydroxyl groups excluding tert-OH is 2. The van der Waals surface area contributed by atoms with Crippen LogP contribution in [0.5, 0.6) is 0 Å². The molecule has 1 heterocycles. The lowest BCUT2D eigenvalue weighted by atomic mass is 10.0. The van der Waals surface area contributed by atoms with Gasteiger partial charge in [-0.15, -0.1) is 0 Å². The zero-order valence-electron chi connectivity index (χ0n) is 49.7. The summed E-state index contributed by atoms with van der Waals surface area (Å²) >= 11 is 8.45. The van der Waals surface area contributed by atoms with Crippen LogP contribution in [-0.4, -0.2) is 198 Å². The number of nitrogens with zero attached hydrogens (tertiary/aromatic N) is 1. The third kappa shape index (κ3) is 26.7. The van der Waals surface area contributed by atoms with Gasteiger partial charge in [0.15, 0.2) is 5.96 Å². The van der Waals surface area contributed by atoms with Gasteiger partial charge in [-0.1, -0.05) is 48.5 Å². The molecule has 88 heavy (non-hydrogen) atoms. The average Bonchev–Trinajstić information content (AvgIpc) is 2.75. The van der Waals surface area contributed by atoms with Gasteiger partial charge in [-0.2, -0.15) is 38.4 Å². The Labute approximate surface area is 519 Å². The number of likely N-dealkylation sites (N-methyl/N-ethyl adjacent to an activating group) is 1. The van der Waals surface area contributed by atoms with Gasteiger partial charge in [0.2, 0.25) is 59.1 Å². The van der Waals surface area contributed by atoms with Crippen molar-refractivity contribution in [3.05, 3.63) is 71.9 Å². The maximum Gasteiger partial charge on any atom is 0.408 e. The van der Waals surface area contributed by atoms with Crippen molar-refractivity contribution in [3.63, 3.8) is 0 Å². The predicted molar refractivity (Wildman–Crippen MR) is 328 cm³/mol. The lowest BCUT2D eigenvalue weighted by Gasteiger charge is -2.29. The van der Waals surface area contributed by atoms with Crippen LogP contribution in [0.15, 0.2) is 65.8 Å². The summed E-state index contributed by atoms with van der Waals surface area (Å²) in [5.74, 6) is -9.45. The number of unbranched alkanes of at least 4 members (excludes halogenated alkanes) is 2. The number of rotatable bonds is 38. The minimum Gasteiger partial charge on any atom is -0.391 e. The van der Waals surface area contributed by atoms with Crippen LogP contribution in [0.2, 0.25) is 0 Å². The van der Waals surface area contributed by atoms with E-state index in [0.717, 1.165) is 0 Å². The number of hydrogen-bond donors (Lipinski definition) is 18. The summed E-state index contributed by atoms with van der Waals surface area (Å²) in [5.41, 5.74) is 7.30. The summed E-state index contributed by atoms with van der Waals surface area (Å²) in [6, 6.07) is 4.23. The van der Waals surface area contributed by atoms with Gasteiger partial charge in [0.25, 0.3) is 0 Å². The van der Waals surface area contributed by atoms with E-state index in [2.05, 4.69) is 99.0 Å². The fourth-order valence-corrected chi connectivity index (χ4v) is 9.26. The van der Waals surface area contributed by atoms with Gasteiger partial charge in [0.05, 0.1) is 18.8 Å². The van der Waals surface area contributed by atoms with Gasteiger partial charge in [-0.05, 0) is 90.1 Å². The van der Waals surface area contributed by atoms with E-state index in [4.69, 9.17) is 5.73 Å². The number of fused-ring (bicyclic) bond motifs is 1. The van der Waals surface area contributed by atoms with Crippen LogP contribution in [0.1, 0.15) is 77.3 Å². The van der Waals surface area contributed by atoms with Crippen LogP contribution < -0.4 is 69.5 Å². The highest BCUT2D eigenvalue weighted by Gasteiger charge is 2.36. The summed E-state index contributed by atoms with van der Waals surface area (Å²) < 4.78 is 37.4. The number of aromatic amines is 1. The minimum absolute atomic E-state index is 0.0154. The fraction of sp³-hybridized carbons (Fsp3) is 0.554. The van der Waals surface area contributed by atoms with Crippen molar-refractivity contribution < 1.29 is 71.3 Å². The average molecular weight is 1280 g/mol. The first-order valence-electron chi connectivity index (χ1n) is 28.6. The van der Waals surface area contributed by atoms with Crippen molar-refractivity contribution in [2.75, 3.05) is 51.3 Å². The van der Waals surface area contributed by atoms with Crippen LogP contribution in [0.3, 0.4) is 0 Å².